The molecule has 4 rings (SSSR count). The molecule has 38 heavy (non-hydrogen) atoms. The Kier molecular flexibility index (Phi) is 8.56. The number of ether oxygens (including phenoxy) is 1. The molecule has 0 atom stereocenters. The first-order valence-corrected chi connectivity index (χ1v) is 14.3. The molecule has 0 radical (unpaired) electrons. The number of anilines is 1. The van der Waals surface area contributed by atoms with E-state index in [9.17, 15) is 14.4 Å². The van der Waals surface area contributed by atoms with Gasteiger partial charge in [-0.15, -0.1) is 22.7 Å². The van der Waals surface area contributed by atoms with Crippen LogP contribution in [0.25, 0.3) is 0 Å². The van der Waals surface area contributed by atoms with Gasteiger partial charge in [-0.25, -0.2) is 9.78 Å². The molecule has 202 valence electrons. The lowest BCUT2D eigenvalue weighted by molar-refractivity contribution is 0.00692. The number of amides is 2. The second-order valence-corrected chi connectivity index (χ2v) is 13.1. The summed E-state index contributed by atoms with van der Waals surface area (Å²) in [5, 5.41) is 6.13. The van der Waals surface area contributed by atoms with Crippen LogP contribution in [0.1, 0.15) is 80.6 Å². The second kappa shape index (κ2) is 11.5. The molecule has 3 heterocycles. The maximum absolute atomic E-state index is 13.3. The van der Waals surface area contributed by atoms with Crippen molar-refractivity contribution in [3.05, 3.63) is 66.3 Å². The predicted octanol–water partition coefficient (Wildman–Crippen LogP) is 5.76. The normalized spacial score (nSPS) is 13.8. The topological polar surface area (TPSA) is 101 Å². The fourth-order valence-electron chi connectivity index (χ4n) is 3.94. The molecule has 0 spiro atoms. The van der Waals surface area contributed by atoms with E-state index in [-0.39, 0.29) is 18.4 Å². The Labute approximate surface area is 235 Å². The van der Waals surface area contributed by atoms with Gasteiger partial charge in [-0.1, -0.05) is 17.7 Å². The van der Waals surface area contributed by atoms with Crippen LogP contribution in [0.4, 0.5) is 5.69 Å². The number of esters is 1. The van der Waals surface area contributed by atoms with Crippen LogP contribution in [0, 0.1) is 0 Å². The van der Waals surface area contributed by atoms with E-state index in [0.29, 0.717) is 37.1 Å². The molecule has 2 amide bonds. The fourth-order valence-corrected chi connectivity index (χ4v) is 5.93. The van der Waals surface area contributed by atoms with Crippen molar-refractivity contribution < 1.29 is 19.1 Å². The van der Waals surface area contributed by atoms with E-state index in [2.05, 4.69) is 34.4 Å². The molecular weight excluding hydrogens is 544 g/mol. The molecule has 0 unspecified atom stereocenters. The molecule has 1 aliphatic heterocycles. The number of thiazole rings is 1. The van der Waals surface area contributed by atoms with Crippen LogP contribution in [0.2, 0.25) is 4.34 Å². The quantitative estimate of drug-likeness (QED) is 0.348. The van der Waals surface area contributed by atoms with Gasteiger partial charge in [0.15, 0.2) is 5.01 Å². The maximum Gasteiger partial charge on any atom is 0.338 e. The van der Waals surface area contributed by atoms with Crippen LogP contribution in [0.5, 0.6) is 0 Å². The van der Waals surface area contributed by atoms with Crippen LogP contribution >= 0.6 is 34.3 Å². The first kappa shape index (κ1) is 28.2. The van der Waals surface area contributed by atoms with Crippen LogP contribution in [0.3, 0.4) is 0 Å². The summed E-state index contributed by atoms with van der Waals surface area (Å²) in [6.45, 7) is 11.5. The molecular formula is C27H31ClN4O4S2. The van der Waals surface area contributed by atoms with Gasteiger partial charge >= 0.3 is 5.97 Å². The first-order valence-electron chi connectivity index (χ1n) is 12.3. The maximum atomic E-state index is 13.3. The number of aromatic nitrogens is 1. The van der Waals surface area contributed by atoms with Gasteiger partial charge in [0.05, 0.1) is 20.5 Å². The van der Waals surface area contributed by atoms with Crippen LogP contribution in [-0.4, -0.2) is 45.9 Å². The summed E-state index contributed by atoms with van der Waals surface area (Å²) in [5.41, 5.74) is 1.62. The SMILES string of the molecule is CC(C)N1CCc2nc(C(=O)Nc3cc(C(=O)OC(C)(C)C)ccc3CNC(=O)c3ccc(Cl)s3)sc2C1. The third kappa shape index (κ3) is 6.99. The second-order valence-electron chi connectivity index (χ2n) is 10.3. The van der Waals surface area contributed by atoms with Crippen LogP contribution < -0.4 is 10.6 Å². The number of nitrogens with one attached hydrogen (secondary N) is 2. The highest BCUT2D eigenvalue weighted by Gasteiger charge is 2.25. The zero-order valence-electron chi connectivity index (χ0n) is 22.0. The predicted molar refractivity (Wildman–Crippen MR) is 151 cm³/mol. The van der Waals surface area contributed by atoms with E-state index in [1.807, 2.05) is 0 Å². The number of carbonyl (C=O) groups excluding carboxylic acids is 3. The van der Waals surface area contributed by atoms with Crippen molar-refractivity contribution in [1.82, 2.24) is 15.2 Å². The third-order valence-corrected chi connectivity index (χ3v) is 8.23. The number of rotatable bonds is 7. The molecule has 1 aromatic carbocycles. The van der Waals surface area contributed by atoms with Crippen molar-refractivity contribution in [2.24, 2.45) is 0 Å². The van der Waals surface area contributed by atoms with E-state index in [4.69, 9.17) is 16.3 Å². The van der Waals surface area contributed by atoms with Gasteiger partial charge in [0, 0.05) is 42.7 Å². The molecule has 8 nitrogen and oxygen atoms in total. The van der Waals surface area contributed by atoms with Crippen molar-refractivity contribution in [1.29, 1.82) is 0 Å². The molecule has 2 N–H and O–H groups in total. The van der Waals surface area contributed by atoms with Gasteiger partial charge in [-0.2, -0.15) is 0 Å². The molecule has 0 saturated heterocycles. The minimum absolute atomic E-state index is 0.135. The van der Waals surface area contributed by atoms with E-state index >= 15 is 0 Å². The fraction of sp³-hybridized carbons (Fsp3) is 0.407. The minimum atomic E-state index is -0.668. The zero-order chi connectivity index (χ0) is 27.6. The Bertz CT molecular complexity index is 1360. The molecule has 1 aliphatic rings. The van der Waals surface area contributed by atoms with Gasteiger partial charge in [0.1, 0.15) is 5.60 Å². The Morgan fingerprint density at radius 1 is 1.13 bits per heavy atom. The van der Waals surface area contributed by atoms with E-state index in [1.54, 1.807) is 51.1 Å². The number of nitrogens with zero attached hydrogens (tertiary/aromatic N) is 2. The monoisotopic (exact) mass is 574 g/mol. The van der Waals surface area contributed by atoms with Gasteiger partial charge in [0.25, 0.3) is 11.8 Å². The lowest BCUT2D eigenvalue weighted by atomic mass is 10.1. The number of thiophene rings is 1. The number of hydrogen-bond donors (Lipinski definition) is 2. The smallest absolute Gasteiger partial charge is 0.338 e. The Balaban J connectivity index is 1.56. The Morgan fingerprint density at radius 3 is 2.55 bits per heavy atom. The van der Waals surface area contributed by atoms with Crippen molar-refractivity contribution in [2.75, 3.05) is 11.9 Å². The molecule has 0 aliphatic carbocycles. The highest BCUT2D eigenvalue weighted by Crippen LogP contribution is 2.28. The van der Waals surface area contributed by atoms with Crippen molar-refractivity contribution in [3.63, 3.8) is 0 Å². The summed E-state index contributed by atoms with van der Waals surface area (Å²) in [4.78, 5) is 47.1. The number of carbonyl (C=O) groups is 3. The summed E-state index contributed by atoms with van der Waals surface area (Å²) in [6, 6.07) is 8.63. The van der Waals surface area contributed by atoms with Crippen molar-refractivity contribution >= 4 is 57.7 Å². The molecule has 2 aromatic heterocycles. The molecule has 0 bridgehead atoms. The van der Waals surface area contributed by atoms with Crippen LogP contribution in [0.15, 0.2) is 30.3 Å². The van der Waals surface area contributed by atoms with Crippen molar-refractivity contribution in [3.8, 4) is 0 Å². The average molecular weight is 575 g/mol. The molecule has 0 saturated carbocycles. The Morgan fingerprint density at radius 2 is 1.89 bits per heavy atom. The largest absolute Gasteiger partial charge is 0.456 e. The number of halogens is 1. The lowest BCUT2D eigenvalue weighted by Gasteiger charge is -2.29. The average Bonchev–Trinajstić information content (AvgIpc) is 3.47. The third-order valence-electron chi connectivity index (χ3n) is 5.91. The standard InChI is InChI=1S/C27H31ClN4O4S2/c1-15(2)32-11-10-18-21(14-32)38-25(31-18)24(34)30-19-12-16(26(35)36-27(3,4)5)6-7-17(19)13-29-23(33)20-8-9-22(28)37-20/h6-9,12,15H,10-11,13-14H2,1-5H3,(H,29,33)(H,30,34). The number of fused-ring (bicyclic) bond motifs is 1. The first-order chi connectivity index (χ1) is 17.9. The van der Waals surface area contributed by atoms with E-state index in [0.717, 1.165) is 30.1 Å². The highest BCUT2D eigenvalue weighted by molar-refractivity contribution is 7.18. The highest BCUT2D eigenvalue weighted by atomic mass is 35.5. The summed E-state index contributed by atoms with van der Waals surface area (Å²) in [5.74, 6) is -1.15. The van der Waals surface area contributed by atoms with Gasteiger partial charge in [-0.05, 0) is 64.4 Å². The molecule has 3 aromatic rings. The molecule has 11 heteroatoms. The summed E-state index contributed by atoms with van der Waals surface area (Å²) < 4.78 is 6.02. The lowest BCUT2D eigenvalue weighted by Crippen LogP contribution is -2.35. The van der Waals surface area contributed by atoms with Gasteiger partial charge in [-0.3, -0.25) is 14.5 Å². The van der Waals surface area contributed by atoms with E-state index < -0.39 is 11.6 Å². The summed E-state index contributed by atoms with van der Waals surface area (Å²) >= 11 is 8.53. The van der Waals surface area contributed by atoms with Gasteiger partial charge in [0.2, 0.25) is 0 Å². The molecule has 0 fully saturated rings. The summed E-state index contributed by atoms with van der Waals surface area (Å²) in [7, 11) is 0. The number of hydrogen-bond acceptors (Lipinski definition) is 8. The van der Waals surface area contributed by atoms with E-state index in [1.165, 1.54) is 22.7 Å². The number of benzene rings is 1. The van der Waals surface area contributed by atoms with Crippen LogP contribution in [-0.2, 0) is 24.2 Å². The minimum Gasteiger partial charge on any atom is -0.456 e. The Hall–Kier alpha value is -2.79. The summed E-state index contributed by atoms with van der Waals surface area (Å²) in [6.07, 6.45) is 0.801. The van der Waals surface area contributed by atoms with Gasteiger partial charge < -0.3 is 15.4 Å². The van der Waals surface area contributed by atoms with Crippen molar-refractivity contribution in [2.45, 2.75) is 65.8 Å². The zero-order valence-corrected chi connectivity index (χ0v) is 24.4.